The SMILES string of the molecule is N#CC(C#N)=C(c1ccccc1)N1CCN(C(=O)C(=O)c2c[nH]c3c(N(N)/C=C\N)ncc(F)c23)CC1. The molecule has 5 N–H and O–H groups in total. The van der Waals surface area contributed by atoms with E-state index < -0.39 is 17.5 Å². The van der Waals surface area contributed by atoms with Crippen LogP contribution in [0.1, 0.15) is 15.9 Å². The number of hydrogen-bond donors (Lipinski definition) is 3. The number of pyridine rings is 1. The number of hydrogen-bond acceptors (Lipinski definition) is 9. The number of halogens is 1. The van der Waals surface area contributed by atoms with Crippen molar-refractivity contribution in [3.8, 4) is 12.1 Å². The van der Waals surface area contributed by atoms with Crippen LogP contribution in [-0.4, -0.2) is 57.6 Å². The Labute approximate surface area is 211 Å². The van der Waals surface area contributed by atoms with Crippen molar-refractivity contribution in [2.24, 2.45) is 11.6 Å². The molecule has 37 heavy (non-hydrogen) atoms. The fourth-order valence-electron chi connectivity index (χ4n) is 4.24. The summed E-state index contributed by atoms with van der Waals surface area (Å²) in [4.78, 5) is 36.1. The number of aromatic nitrogens is 2. The maximum absolute atomic E-state index is 14.7. The highest BCUT2D eigenvalue weighted by Gasteiger charge is 2.31. The van der Waals surface area contributed by atoms with Crippen molar-refractivity contribution in [3.05, 3.63) is 77.6 Å². The zero-order valence-corrected chi connectivity index (χ0v) is 19.6. The lowest BCUT2D eigenvalue weighted by Crippen LogP contribution is -2.50. The van der Waals surface area contributed by atoms with Gasteiger partial charge < -0.3 is 20.5 Å². The summed E-state index contributed by atoms with van der Waals surface area (Å²) in [7, 11) is 0. The summed E-state index contributed by atoms with van der Waals surface area (Å²) in [5.74, 6) is 3.50. The molecular weight excluding hydrogens is 477 g/mol. The first-order valence-corrected chi connectivity index (χ1v) is 11.2. The van der Waals surface area contributed by atoms with Crippen LogP contribution in [0.25, 0.3) is 16.6 Å². The molecule has 0 aliphatic carbocycles. The number of Topliss-reactive ketones (excluding diaryl/α,β-unsaturated/α-hetero) is 1. The zero-order valence-electron chi connectivity index (χ0n) is 19.6. The van der Waals surface area contributed by atoms with Gasteiger partial charge in [0.25, 0.3) is 11.7 Å². The van der Waals surface area contributed by atoms with Gasteiger partial charge in [-0.2, -0.15) is 10.5 Å². The molecule has 0 saturated carbocycles. The van der Waals surface area contributed by atoms with Crippen LogP contribution >= 0.6 is 0 Å². The van der Waals surface area contributed by atoms with E-state index in [1.165, 1.54) is 23.5 Å². The Balaban J connectivity index is 1.56. The topological polar surface area (TPSA) is 172 Å². The summed E-state index contributed by atoms with van der Waals surface area (Å²) in [5.41, 5.74) is 6.48. The van der Waals surface area contributed by atoms with Gasteiger partial charge in [-0.15, -0.1) is 0 Å². The Morgan fingerprint density at radius 3 is 2.38 bits per heavy atom. The molecule has 11 nitrogen and oxygen atoms in total. The van der Waals surface area contributed by atoms with Gasteiger partial charge in [0, 0.05) is 44.8 Å². The average Bonchev–Trinajstić information content (AvgIpc) is 3.38. The maximum atomic E-state index is 14.7. The second kappa shape index (κ2) is 10.6. The number of nitrogens with one attached hydrogen (secondary N) is 1. The van der Waals surface area contributed by atoms with E-state index in [2.05, 4.69) is 9.97 Å². The first kappa shape index (κ1) is 24.9. The lowest BCUT2D eigenvalue weighted by Gasteiger charge is -2.37. The van der Waals surface area contributed by atoms with Crippen LogP contribution in [0.2, 0.25) is 0 Å². The van der Waals surface area contributed by atoms with Gasteiger partial charge in [0.15, 0.2) is 17.2 Å². The van der Waals surface area contributed by atoms with Crippen molar-refractivity contribution in [2.75, 3.05) is 31.2 Å². The van der Waals surface area contributed by atoms with Crippen molar-refractivity contribution in [1.29, 1.82) is 10.5 Å². The highest BCUT2D eigenvalue weighted by Crippen LogP contribution is 2.29. The molecule has 1 amide bonds. The van der Waals surface area contributed by atoms with Gasteiger partial charge in [0.05, 0.1) is 28.4 Å². The number of fused-ring (bicyclic) bond motifs is 1. The Bertz CT molecular complexity index is 1470. The molecule has 4 rings (SSSR count). The summed E-state index contributed by atoms with van der Waals surface area (Å²) in [6.07, 6.45) is 4.63. The number of nitrogens with zero attached hydrogens (tertiary/aromatic N) is 6. The predicted molar refractivity (Wildman–Crippen MR) is 133 cm³/mol. The number of benzene rings is 1. The van der Waals surface area contributed by atoms with E-state index in [4.69, 9.17) is 11.6 Å². The maximum Gasteiger partial charge on any atom is 0.295 e. The molecule has 3 aromatic rings. The molecule has 186 valence electrons. The van der Waals surface area contributed by atoms with E-state index in [1.807, 2.05) is 23.1 Å². The Kier molecular flexibility index (Phi) is 7.14. The number of carbonyl (C=O) groups is 2. The smallest absolute Gasteiger partial charge is 0.295 e. The molecule has 1 aliphatic heterocycles. The normalized spacial score (nSPS) is 13.3. The zero-order chi connectivity index (χ0) is 26.5. The van der Waals surface area contributed by atoms with Crippen molar-refractivity contribution in [1.82, 2.24) is 19.8 Å². The Morgan fingerprint density at radius 1 is 1.11 bits per heavy atom. The number of piperazine rings is 1. The number of allylic oxidation sites excluding steroid dienone is 1. The molecule has 0 unspecified atom stereocenters. The number of hydrazine groups is 1. The highest BCUT2D eigenvalue weighted by molar-refractivity contribution is 6.45. The third-order valence-corrected chi connectivity index (χ3v) is 5.96. The molecule has 0 atom stereocenters. The number of rotatable bonds is 6. The summed E-state index contributed by atoms with van der Waals surface area (Å²) in [5, 5.41) is 19.9. The van der Waals surface area contributed by atoms with E-state index >= 15 is 0 Å². The Morgan fingerprint density at radius 2 is 1.76 bits per heavy atom. The van der Waals surface area contributed by atoms with Crippen molar-refractivity contribution < 1.29 is 14.0 Å². The van der Waals surface area contributed by atoms with E-state index in [-0.39, 0.29) is 40.9 Å². The summed E-state index contributed by atoms with van der Waals surface area (Å²) < 4.78 is 14.7. The number of aromatic amines is 1. The van der Waals surface area contributed by atoms with Crippen LogP contribution in [0.4, 0.5) is 10.2 Å². The quantitative estimate of drug-likeness (QED) is 0.150. The number of ketones is 1. The third kappa shape index (κ3) is 4.69. The molecule has 1 fully saturated rings. The van der Waals surface area contributed by atoms with Crippen LogP contribution in [0.5, 0.6) is 0 Å². The molecule has 1 aromatic carbocycles. The molecule has 2 aromatic heterocycles. The monoisotopic (exact) mass is 499 g/mol. The number of nitrogens with two attached hydrogens (primary N) is 2. The lowest BCUT2D eigenvalue weighted by atomic mass is 10.0. The first-order valence-electron chi connectivity index (χ1n) is 11.2. The molecule has 3 heterocycles. The summed E-state index contributed by atoms with van der Waals surface area (Å²) >= 11 is 0. The van der Waals surface area contributed by atoms with E-state index in [0.29, 0.717) is 24.4 Å². The number of anilines is 1. The standard InChI is InChI=1S/C25H22FN9O2/c26-19-15-32-24(35(30)7-6-27)21-20(19)18(14-31-21)23(36)25(37)34-10-8-33(9-11-34)22(17(12-28)13-29)16-4-2-1-3-5-16/h1-7,14-15,31H,8-11,27,30H2/b7-6-. The minimum atomic E-state index is -0.887. The molecule has 0 bridgehead atoms. The largest absolute Gasteiger partial charge is 0.403 e. The minimum absolute atomic E-state index is 0.0424. The summed E-state index contributed by atoms with van der Waals surface area (Å²) in [6.45, 7) is 0.918. The molecule has 1 saturated heterocycles. The second-order valence-corrected chi connectivity index (χ2v) is 8.05. The number of amides is 1. The van der Waals surface area contributed by atoms with Gasteiger partial charge in [-0.05, 0) is 5.56 Å². The van der Waals surface area contributed by atoms with Crippen LogP contribution in [0, 0.1) is 28.5 Å². The number of H-pyrrole nitrogens is 1. The lowest BCUT2D eigenvalue weighted by molar-refractivity contribution is -0.127. The molecule has 12 heteroatoms. The second-order valence-electron chi connectivity index (χ2n) is 8.05. The Hall–Kier alpha value is -5.20. The molecular formula is C25H22FN9O2. The third-order valence-electron chi connectivity index (χ3n) is 5.96. The highest BCUT2D eigenvalue weighted by atomic mass is 19.1. The van der Waals surface area contributed by atoms with Crippen LogP contribution in [-0.2, 0) is 4.79 Å². The van der Waals surface area contributed by atoms with Gasteiger partial charge in [-0.1, -0.05) is 30.3 Å². The molecule has 1 aliphatic rings. The fraction of sp³-hybridized carbons (Fsp3) is 0.160. The van der Waals surface area contributed by atoms with Crippen LogP contribution < -0.4 is 16.6 Å². The van der Waals surface area contributed by atoms with E-state index in [9.17, 15) is 24.5 Å². The van der Waals surface area contributed by atoms with Gasteiger partial charge in [-0.25, -0.2) is 15.2 Å². The van der Waals surface area contributed by atoms with E-state index in [0.717, 1.165) is 11.2 Å². The van der Waals surface area contributed by atoms with Crippen molar-refractivity contribution >= 4 is 34.1 Å². The predicted octanol–water partition coefficient (Wildman–Crippen LogP) is 1.60. The number of nitriles is 2. The van der Waals surface area contributed by atoms with Gasteiger partial charge in [0.2, 0.25) is 0 Å². The number of carbonyl (C=O) groups excluding carboxylic acids is 2. The van der Waals surface area contributed by atoms with Crippen molar-refractivity contribution in [2.45, 2.75) is 0 Å². The first-order chi connectivity index (χ1) is 17.9. The van der Waals surface area contributed by atoms with Crippen molar-refractivity contribution in [3.63, 3.8) is 0 Å². The van der Waals surface area contributed by atoms with Crippen LogP contribution in [0.3, 0.4) is 0 Å². The summed E-state index contributed by atoms with van der Waals surface area (Å²) in [6, 6.07) is 12.9. The van der Waals surface area contributed by atoms with Gasteiger partial charge in [0.1, 0.15) is 12.1 Å². The van der Waals surface area contributed by atoms with Crippen LogP contribution in [0.15, 0.2) is 60.7 Å². The average molecular weight is 500 g/mol. The molecule has 0 spiro atoms. The van der Waals surface area contributed by atoms with Gasteiger partial charge >= 0.3 is 0 Å². The molecule has 0 radical (unpaired) electrons. The van der Waals surface area contributed by atoms with Gasteiger partial charge in [-0.3, -0.25) is 14.6 Å². The fourth-order valence-corrected chi connectivity index (χ4v) is 4.24. The minimum Gasteiger partial charge on any atom is -0.403 e. The van der Waals surface area contributed by atoms with E-state index in [1.54, 1.807) is 24.3 Å².